The summed E-state index contributed by atoms with van der Waals surface area (Å²) in [6.07, 6.45) is 0.878. The Bertz CT molecular complexity index is 1280. The smallest absolute Gasteiger partial charge is 0.267 e. The summed E-state index contributed by atoms with van der Waals surface area (Å²) in [5, 5.41) is 15.2. The molecule has 0 spiro atoms. The Kier molecular flexibility index (Phi) is 5.14. The molecule has 0 aliphatic rings. The van der Waals surface area contributed by atoms with Gasteiger partial charge in [0.1, 0.15) is 11.3 Å². The van der Waals surface area contributed by atoms with E-state index in [0.717, 1.165) is 6.42 Å². The van der Waals surface area contributed by atoms with E-state index in [1.165, 1.54) is 4.57 Å². The highest BCUT2D eigenvalue weighted by molar-refractivity contribution is 5.90. The second-order valence-corrected chi connectivity index (χ2v) is 6.74. The van der Waals surface area contributed by atoms with Crippen LogP contribution in [0, 0.1) is 0 Å². The lowest BCUT2D eigenvalue weighted by Gasteiger charge is -2.10. The molecule has 2 heterocycles. The second kappa shape index (κ2) is 7.90. The molecule has 0 atom stereocenters. The van der Waals surface area contributed by atoms with Crippen LogP contribution in [0.25, 0.3) is 33.7 Å². The predicted molar refractivity (Wildman–Crippen MR) is 112 cm³/mol. The first kappa shape index (κ1) is 19.5. The summed E-state index contributed by atoms with van der Waals surface area (Å²) in [5.41, 5.74) is 0.769. The number of rotatable bonds is 6. The van der Waals surface area contributed by atoms with E-state index >= 15 is 0 Å². The monoisotopic (exact) mass is 407 g/mol. The van der Waals surface area contributed by atoms with Crippen LogP contribution in [0.3, 0.4) is 0 Å². The molecule has 2 aromatic heterocycles. The molecule has 1 N–H and O–H groups in total. The van der Waals surface area contributed by atoms with Crippen molar-refractivity contribution in [2.45, 2.75) is 13.3 Å². The van der Waals surface area contributed by atoms with E-state index in [2.05, 4.69) is 10.1 Å². The van der Waals surface area contributed by atoms with E-state index in [-0.39, 0.29) is 23.0 Å². The Morgan fingerprint density at radius 3 is 2.73 bits per heavy atom. The second-order valence-electron chi connectivity index (χ2n) is 6.74. The van der Waals surface area contributed by atoms with E-state index in [1.807, 2.05) is 6.92 Å². The van der Waals surface area contributed by atoms with E-state index in [1.54, 1.807) is 56.6 Å². The van der Waals surface area contributed by atoms with Gasteiger partial charge in [0.05, 0.1) is 19.2 Å². The van der Waals surface area contributed by atoms with Crippen LogP contribution >= 0.6 is 0 Å². The van der Waals surface area contributed by atoms with Gasteiger partial charge in [0.15, 0.2) is 11.5 Å². The highest BCUT2D eigenvalue weighted by Gasteiger charge is 2.22. The largest absolute Gasteiger partial charge is 0.506 e. The molecule has 0 saturated heterocycles. The Morgan fingerprint density at radius 1 is 1.17 bits per heavy atom. The lowest BCUT2D eigenvalue weighted by atomic mass is 10.1. The fourth-order valence-electron chi connectivity index (χ4n) is 3.25. The lowest BCUT2D eigenvalue weighted by molar-refractivity contribution is 0.294. The molecule has 2 aromatic carbocycles. The Balaban J connectivity index is 1.78. The van der Waals surface area contributed by atoms with Gasteiger partial charge in [-0.25, -0.2) is 0 Å². The number of ether oxygens (including phenoxy) is 2. The van der Waals surface area contributed by atoms with Gasteiger partial charge in [-0.3, -0.25) is 4.79 Å². The van der Waals surface area contributed by atoms with Crippen LogP contribution in [0.15, 0.2) is 51.8 Å². The summed E-state index contributed by atoms with van der Waals surface area (Å²) in [4.78, 5) is 17.2. The summed E-state index contributed by atoms with van der Waals surface area (Å²) in [7, 11) is 3.18. The molecule has 0 fully saturated rings. The summed E-state index contributed by atoms with van der Waals surface area (Å²) in [6, 6.07) is 12.3. The average Bonchev–Trinajstić information content (AvgIpc) is 3.26. The molecular weight excluding hydrogens is 386 g/mol. The van der Waals surface area contributed by atoms with Crippen LogP contribution in [-0.4, -0.2) is 33.5 Å². The average molecular weight is 407 g/mol. The van der Waals surface area contributed by atoms with E-state index in [9.17, 15) is 9.90 Å². The number of aromatic nitrogens is 3. The summed E-state index contributed by atoms with van der Waals surface area (Å²) in [6.45, 7) is 2.60. The molecule has 0 aliphatic carbocycles. The number of para-hydroxylation sites is 1. The van der Waals surface area contributed by atoms with Crippen LogP contribution in [0.5, 0.6) is 17.2 Å². The first-order valence-corrected chi connectivity index (χ1v) is 9.51. The highest BCUT2D eigenvalue weighted by Crippen LogP contribution is 2.35. The molecule has 154 valence electrons. The maximum Gasteiger partial charge on any atom is 0.267 e. The normalized spacial score (nSPS) is 11.0. The third-order valence-corrected chi connectivity index (χ3v) is 4.80. The molecule has 30 heavy (non-hydrogen) atoms. The maximum absolute atomic E-state index is 12.8. The van der Waals surface area contributed by atoms with Crippen molar-refractivity contribution in [3.63, 3.8) is 0 Å². The number of hydrogen-bond donors (Lipinski definition) is 1. The lowest BCUT2D eigenvalue weighted by Crippen LogP contribution is -2.19. The van der Waals surface area contributed by atoms with Crippen molar-refractivity contribution in [1.29, 1.82) is 0 Å². The number of methoxy groups -OCH3 is 1. The Hall–Kier alpha value is -3.81. The minimum Gasteiger partial charge on any atom is -0.506 e. The summed E-state index contributed by atoms with van der Waals surface area (Å²) in [5.74, 6) is 1.17. The summed E-state index contributed by atoms with van der Waals surface area (Å²) < 4.78 is 17.8. The number of pyridine rings is 1. The van der Waals surface area contributed by atoms with Gasteiger partial charge >= 0.3 is 0 Å². The fraction of sp³-hybridized carbons (Fsp3) is 0.227. The minimum atomic E-state index is -0.428. The van der Waals surface area contributed by atoms with Crippen molar-refractivity contribution in [2.24, 2.45) is 7.05 Å². The molecule has 4 rings (SSSR count). The standard InChI is InChI=1S/C22H21N3O5/c1-4-11-29-16-10-9-13(12-17(16)28-3)20-23-21(30-24-20)18-19(26)14-7-5-6-8-15(14)25(2)22(18)27/h5-10,12,26H,4,11H2,1-3H3. The van der Waals surface area contributed by atoms with Gasteiger partial charge < -0.3 is 23.7 Å². The number of aryl methyl sites for hydroxylation is 1. The number of benzene rings is 2. The molecule has 0 saturated carbocycles. The predicted octanol–water partition coefficient (Wildman–Crippen LogP) is 3.76. The molecule has 0 amide bonds. The zero-order chi connectivity index (χ0) is 21.3. The number of nitrogens with zero attached hydrogens (tertiary/aromatic N) is 3. The van der Waals surface area contributed by atoms with Crippen molar-refractivity contribution in [3.8, 4) is 40.1 Å². The molecule has 4 aromatic rings. The number of aromatic hydroxyl groups is 1. The van der Waals surface area contributed by atoms with Crippen LogP contribution in [-0.2, 0) is 7.05 Å². The molecule has 8 heteroatoms. The van der Waals surface area contributed by atoms with E-state index in [0.29, 0.717) is 34.6 Å². The first-order valence-electron chi connectivity index (χ1n) is 9.51. The van der Waals surface area contributed by atoms with Crippen molar-refractivity contribution in [1.82, 2.24) is 14.7 Å². The van der Waals surface area contributed by atoms with Gasteiger partial charge in [-0.2, -0.15) is 4.98 Å². The van der Waals surface area contributed by atoms with Crippen molar-refractivity contribution in [2.75, 3.05) is 13.7 Å². The fourth-order valence-corrected chi connectivity index (χ4v) is 3.25. The first-order chi connectivity index (χ1) is 14.5. The van der Waals surface area contributed by atoms with Gasteiger partial charge in [0.25, 0.3) is 11.4 Å². The van der Waals surface area contributed by atoms with Gasteiger partial charge in [-0.15, -0.1) is 0 Å². The minimum absolute atomic E-state index is 0.0372. The van der Waals surface area contributed by atoms with Crippen LogP contribution < -0.4 is 15.0 Å². The van der Waals surface area contributed by atoms with Gasteiger partial charge in [-0.05, 0) is 36.8 Å². The zero-order valence-corrected chi connectivity index (χ0v) is 16.9. The molecule has 8 nitrogen and oxygen atoms in total. The maximum atomic E-state index is 12.8. The van der Waals surface area contributed by atoms with Gasteiger partial charge in [0.2, 0.25) is 5.82 Å². The van der Waals surface area contributed by atoms with Crippen molar-refractivity contribution in [3.05, 3.63) is 52.8 Å². The molecule has 0 aliphatic heterocycles. The SMILES string of the molecule is CCCOc1ccc(-c2noc(-c3c(O)c4ccccc4n(C)c3=O)n2)cc1OC. The van der Waals surface area contributed by atoms with E-state index < -0.39 is 5.56 Å². The van der Waals surface area contributed by atoms with Gasteiger partial charge in [0, 0.05) is 18.0 Å². The third kappa shape index (κ3) is 3.26. The molecular formula is C22H21N3O5. The molecule has 0 radical (unpaired) electrons. The topological polar surface area (TPSA) is 99.6 Å². The quantitative estimate of drug-likeness (QED) is 0.519. The van der Waals surface area contributed by atoms with Crippen LogP contribution in [0.4, 0.5) is 0 Å². The van der Waals surface area contributed by atoms with E-state index in [4.69, 9.17) is 14.0 Å². The zero-order valence-electron chi connectivity index (χ0n) is 16.9. The van der Waals surface area contributed by atoms with Gasteiger partial charge in [-0.1, -0.05) is 24.2 Å². The molecule has 0 unspecified atom stereocenters. The van der Waals surface area contributed by atoms with Crippen LogP contribution in [0.1, 0.15) is 13.3 Å². The number of fused-ring (bicyclic) bond motifs is 1. The summed E-state index contributed by atoms with van der Waals surface area (Å²) >= 11 is 0. The van der Waals surface area contributed by atoms with Crippen LogP contribution in [0.2, 0.25) is 0 Å². The number of hydrogen-bond acceptors (Lipinski definition) is 7. The highest BCUT2D eigenvalue weighted by atomic mass is 16.5. The van der Waals surface area contributed by atoms with Crippen molar-refractivity contribution >= 4 is 10.9 Å². The van der Waals surface area contributed by atoms with Crippen molar-refractivity contribution < 1.29 is 19.1 Å². The Labute approximate surface area is 172 Å². The molecule has 0 bridgehead atoms. The third-order valence-electron chi connectivity index (χ3n) is 4.80. The Morgan fingerprint density at radius 2 is 1.97 bits per heavy atom.